The molecule has 12 aromatic rings. The fourth-order valence-electron chi connectivity index (χ4n) is 8.65. The molecule has 4 heterocycles. The van der Waals surface area contributed by atoms with E-state index >= 15 is 0 Å². The van der Waals surface area contributed by atoms with Crippen molar-refractivity contribution < 1.29 is 4.42 Å². The molecule has 57 heavy (non-hydrogen) atoms. The Morgan fingerprint density at radius 1 is 0.351 bits per heavy atom. The van der Waals surface area contributed by atoms with Crippen molar-refractivity contribution in [2.75, 3.05) is 0 Å². The average Bonchev–Trinajstić information content (AvgIpc) is 3.95. The van der Waals surface area contributed by atoms with E-state index in [1.807, 2.05) is 6.07 Å². The van der Waals surface area contributed by atoms with Gasteiger partial charge in [-0.1, -0.05) is 140 Å². The smallest absolute Gasteiger partial charge is 0.238 e. The normalized spacial score (nSPS) is 11.9. The molecule has 6 nitrogen and oxygen atoms in total. The van der Waals surface area contributed by atoms with Crippen LogP contribution in [0.1, 0.15) is 0 Å². The van der Waals surface area contributed by atoms with Gasteiger partial charge >= 0.3 is 0 Å². The Balaban J connectivity index is 1.15. The molecule has 0 saturated carbocycles. The van der Waals surface area contributed by atoms with Gasteiger partial charge in [-0.15, -0.1) is 0 Å². The Morgan fingerprint density at radius 3 is 1.61 bits per heavy atom. The number of furan rings is 1. The molecule has 266 valence electrons. The standard InChI is InChI=1S/C51H31N5O/c1-3-15-32(16-4-1)33-17-13-18-34(31-33)49-52-50(54-51(53-49)56-44-27-11-7-21-36(44)37-22-8-12-28-45(37)56)42-25-14-24-40-41-30-29-39-38-23-9-10-26-43(38)55(35-19-5-2-6-20-35)46(39)48(41)57-47(40)42/h1-31H. The van der Waals surface area contributed by atoms with Crippen molar-refractivity contribution in [3.63, 3.8) is 0 Å². The summed E-state index contributed by atoms with van der Waals surface area (Å²) in [5, 5.41) is 6.62. The van der Waals surface area contributed by atoms with E-state index in [-0.39, 0.29) is 0 Å². The van der Waals surface area contributed by atoms with E-state index in [0.29, 0.717) is 17.6 Å². The summed E-state index contributed by atoms with van der Waals surface area (Å²) in [6.45, 7) is 0. The van der Waals surface area contributed by atoms with E-state index in [4.69, 9.17) is 19.4 Å². The van der Waals surface area contributed by atoms with Crippen LogP contribution in [0.3, 0.4) is 0 Å². The number of aromatic nitrogens is 5. The van der Waals surface area contributed by atoms with Crippen molar-refractivity contribution in [3.05, 3.63) is 188 Å². The zero-order chi connectivity index (χ0) is 37.5. The maximum atomic E-state index is 7.11. The minimum atomic E-state index is 0.534. The van der Waals surface area contributed by atoms with Crippen LogP contribution in [0.2, 0.25) is 0 Å². The molecule has 0 atom stereocenters. The molecule has 0 aliphatic carbocycles. The molecular formula is C51H31N5O. The highest BCUT2D eigenvalue weighted by Gasteiger charge is 2.23. The van der Waals surface area contributed by atoms with Gasteiger partial charge in [-0.05, 0) is 59.7 Å². The fourth-order valence-corrected chi connectivity index (χ4v) is 8.65. The van der Waals surface area contributed by atoms with Crippen LogP contribution in [0.25, 0.3) is 111 Å². The van der Waals surface area contributed by atoms with E-state index in [2.05, 4.69) is 191 Å². The number of para-hydroxylation sites is 5. The van der Waals surface area contributed by atoms with Gasteiger partial charge in [0.1, 0.15) is 5.58 Å². The van der Waals surface area contributed by atoms with Gasteiger partial charge < -0.3 is 8.98 Å². The Morgan fingerprint density at radius 2 is 0.877 bits per heavy atom. The molecule has 4 aromatic heterocycles. The maximum absolute atomic E-state index is 7.11. The first-order valence-electron chi connectivity index (χ1n) is 19.1. The third-order valence-electron chi connectivity index (χ3n) is 11.2. The van der Waals surface area contributed by atoms with Crippen molar-refractivity contribution in [1.82, 2.24) is 24.1 Å². The van der Waals surface area contributed by atoms with Gasteiger partial charge in [0.15, 0.2) is 17.2 Å². The van der Waals surface area contributed by atoms with Crippen LogP contribution >= 0.6 is 0 Å². The van der Waals surface area contributed by atoms with Gasteiger partial charge in [0.25, 0.3) is 0 Å². The Bertz CT molecular complexity index is 3470. The van der Waals surface area contributed by atoms with Gasteiger partial charge in [-0.2, -0.15) is 9.97 Å². The highest BCUT2D eigenvalue weighted by Crippen LogP contribution is 2.42. The molecule has 0 amide bonds. The van der Waals surface area contributed by atoms with Crippen molar-refractivity contribution >= 4 is 65.6 Å². The number of rotatable bonds is 5. The number of benzene rings is 8. The molecule has 0 aliphatic heterocycles. The van der Waals surface area contributed by atoms with Gasteiger partial charge in [-0.25, -0.2) is 4.98 Å². The van der Waals surface area contributed by atoms with Crippen molar-refractivity contribution in [3.8, 4) is 45.5 Å². The van der Waals surface area contributed by atoms with Crippen molar-refractivity contribution in [1.29, 1.82) is 0 Å². The SMILES string of the molecule is c1ccc(-c2cccc(-c3nc(-c4cccc5c4oc4c5ccc5c6ccccc6n(-c6ccccc6)c54)nc(-n4c5ccccc5c5ccccc54)n3)c2)cc1. The molecular weight excluding hydrogens is 699 g/mol. The highest BCUT2D eigenvalue weighted by molar-refractivity contribution is 6.22. The molecule has 6 heteroatoms. The van der Waals surface area contributed by atoms with E-state index in [1.54, 1.807) is 0 Å². The van der Waals surface area contributed by atoms with Crippen molar-refractivity contribution in [2.45, 2.75) is 0 Å². The molecule has 12 rings (SSSR count). The second-order valence-corrected chi connectivity index (χ2v) is 14.4. The molecule has 0 unspecified atom stereocenters. The molecule has 0 saturated heterocycles. The predicted octanol–water partition coefficient (Wildman–Crippen LogP) is 13.0. The summed E-state index contributed by atoms with van der Waals surface area (Å²) in [6.07, 6.45) is 0. The summed E-state index contributed by atoms with van der Waals surface area (Å²) < 4.78 is 11.6. The number of fused-ring (bicyclic) bond motifs is 10. The molecule has 8 aromatic carbocycles. The van der Waals surface area contributed by atoms with Crippen LogP contribution < -0.4 is 0 Å². The molecule has 0 spiro atoms. The molecule has 0 aliphatic rings. The number of nitrogens with zero attached hydrogens (tertiary/aromatic N) is 5. The highest BCUT2D eigenvalue weighted by atomic mass is 16.3. The van der Waals surface area contributed by atoms with Gasteiger partial charge in [-0.3, -0.25) is 4.57 Å². The quantitative estimate of drug-likeness (QED) is 0.177. The average molecular weight is 730 g/mol. The summed E-state index contributed by atoms with van der Waals surface area (Å²) >= 11 is 0. The summed E-state index contributed by atoms with van der Waals surface area (Å²) in [5.74, 6) is 1.65. The zero-order valence-corrected chi connectivity index (χ0v) is 30.5. The van der Waals surface area contributed by atoms with Crippen LogP contribution in [0.4, 0.5) is 0 Å². The monoisotopic (exact) mass is 729 g/mol. The van der Waals surface area contributed by atoms with Crippen LogP contribution in [0, 0.1) is 0 Å². The first-order valence-corrected chi connectivity index (χ1v) is 19.1. The third kappa shape index (κ3) is 4.81. The van der Waals surface area contributed by atoms with E-state index in [0.717, 1.165) is 88.1 Å². The van der Waals surface area contributed by atoms with Crippen LogP contribution in [-0.4, -0.2) is 24.1 Å². The number of hydrogen-bond donors (Lipinski definition) is 0. The summed E-state index contributed by atoms with van der Waals surface area (Å²) in [5.41, 5.74) is 10.7. The summed E-state index contributed by atoms with van der Waals surface area (Å²) in [4.78, 5) is 15.8. The van der Waals surface area contributed by atoms with Crippen LogP contribution in [0.15, 0.2) is 192 Å². The summed E-state index contributed by atoms with van der Waals surface area (Å²) in [7, 11) is 0. The molecule has 0 N–H and O–H groups in total. The second-order valence-electron chi connectivity index (χ2n) is 14.4. The lowest BCUT2D eigenvalue weighted by Crippen LogP contribution is -2.06. The van der Waals surface area contributed by atoms with Crippen LogP contribution in [-0.2, 0) is 0 Å². The van der Waals surface area contributed by atoms with E-state index in [1.165, 1.54) is 5.39 Å². The lowest BCUT2D eigenvalue weighted by atomic mass is 10.0. The topological polar surface area (TPSA) is 61.7 Å². The van der Waals surface area contributed by atoms with Crippen molar-refractivity contribution in [2.24, 2.45) is 0 Å². The maximum Gasteiger partial charge on any atom is 0.238 e. The summed E-state index contributed by atoms with van der Waals surface area (Å²) in [6, 6.07) is 65.4. The Labute approximate surface area is 326 Å². The minimum absolute atomic E-state index is 0.534. The zero-order valence-electron chi connectivity index (χ0n) is 30.5. The lowest BCUT2D eigenvalue weighted by Gasteiger charge is -2.12. The first-order chi connectivity index (χ1) is 28.3. The van der Waals surface area contributed by atoms with Gasteiger partial charge in [0, 0.05) is 43.6 Å². The first kappa shape index (κ1) is 31.5. The Kier molecular flexibility index (Phi) is 6.83. The lowest BCUT2D eigenvalue weighted by molar-refractivity contribution is 0.671. The predicted molar refractivity (Wildman–Crippen MR) is 232 cm³/mol. The van der Waals surface area contributed by atoms with E-state index < -0.39 is 0 Å². The molecule has 0 radical (unpaired) electrons. The Hall–Kier alpha value is -7.83. The van der Waals surface area contributed by atoms with Gasteiger partial charge in [0.05, 0.1) is 27.6 Å². The minimum Gasteiger partial charge on any atom is -0.453 e. The van der Waals surface area contributed by atoms with E-state index in [9.17, 15) is 0 Å². The fraction of sp³-hybridized carbons (Fsp3) is 0. The largest absolute Gasteiger partial charge is 0.453 e. The third-order valence-corrected chi connectivity index (χ3v) is 11.2. The van der Waals surface area contributed by atoms with Crippen LogP contribution in [0.5, 0.6) is 0 Å². The number of hydrogen-bond acceptors (Lipinski definition) is 4. The second kappa shape index (κ2) is 12.3. The van der Waals surface area contributed by atoms with Gasteiger partial charge in [0.2, 0.25) is 5.95 Å². The molecule has 0 bridgehead atoms. The molecule has 0 fully saturated rings.